The summed E-state index contributed by atoms with van der Waals surface area (Å²) in [5.74, 6) is -0.234. The fourth-order valence-corrected chi connectivity index (χ4v) is 3.62. The Morgan fingerprint density at radius 3 is 2.37 bits per heavy atom. The van der Waals surface area contributed by atoms with Crippen molar-refractivity contribution in [1.29, 1.82) is 0 Å². The van der Waals surface area contributed by atoms with Crippen LogP contribution in [0, 0.1) is 5.92 Å². The summed E-state index contributed by atoms with van der Waals surface area (Å²) >= 11 is 5.97. The lowest BCUT2D eigenvalue weighted by Gasteiger charge is -2.31. The van der Waals surface area contributed by atoms with Crippen molar-refractivity contribution in [3.05, 3.63) is 47.2 Å². The van der Waals surface area contributed by atoms with Gasteiger partial charge in [-0.2, -0.15) is 0 Å². The minimum absolute atomic E-state index is 0.0133. The van der Waals surface area contributed by atoms with E-state index in [1.807, 2.05) is 59.8 Å². The highest BCUT2D eigenvalue weighted by molar-refractivity contribution is 6.30. The van der Waals surface area contributed by atoms with Crippen LogP contribution in [0.4, 0.5) is 0 Å². The summed E-state index contributed by atoms with van der Waals surface area (Å²) in [7, 11) is 0. The van der Waals surface area contributed by atoms with E-state index in [0.717, 1.165) is 11.1 Å². The van der Waals surface area contributed by atoms with Gasteiger partial charge in [-0.3, -0.25) is 9.59 Å². The highest BCUT2D eigenvalue weighted by atomic mass is 35.5. The van der Waals surface area contributed by atoms with Crippen molar-refractivity contribution in [3.63, 3.8) is 0 Å². The number of piperidine rings is 1. The highest BCUT2D eigenvalue weighted by Crippen LogP contribution is 2.26. The van der Waals surface area contributed by atoms with Gasteiger partial charge in [-0.25, -0.2) is 0 Å². The number of aromatic nitrogens is 1. The van der Waals surface area contributed by atoms with E-state index < -0.39 is 0 Å². The monoisotopic (exact) mass is 388 g/mol. The number of rotatable bonds is 5. The third-order valence-electron chi connectivity index (χ3n) is 5.04. The first kappa shape index (κ1) is 19.5. The number of carbonyl (C=O) groups is 2. The van der Waals surface area contributed by atoms with Crippen molar-refractivity contribution in [2.75, 3.05) is 19.7 Å². The van der Waals surface area contributed by atoms with Gasteiger partial charge in [0.1, 0.15) is 5.69 Å². The molecule has 0 atom stereocenters. The second-order valence-electron chi connectivity index (χ2n) is 6.73. The van der Waals surface area contributed by atoms with Gasteiger partial charge in [-0.05, 0) is 50.5 Å². The van der Waals surface area contributed by atoms with E-state index in [1.54, 1.807) is 0 Å². The molecule has 0 aliphatic carbocycles. The maximum absolute atomic E-state index is 13.0. The van der Waals surface area contributed by atoms with Gasteiger partial charge >= 0.3 is 5.97 Å². The molecule has 0 bridgehead atoms. The van der Waals surface area contributed by atoms with E-state index in [-0.39, 0.29) is 17.8 Å². The van der Waals surface area contributed by atoms with E-state index in [1.165, 1.54) is 0 Å². The van der Waals surface area contributed by atoms with Crippen LogP contribution in [0.1, 0.15) is 37.2 Å². The summed E-state index contributed by atoms with van der Waals surface area (Å²) in [5, 5.41) is 0.689. The molecular weight excluding hydrogens is 364 g/mol. The lowest BCUT2D eigenvalue weighted by atomic mass is 9.97. The van der Waals surface area contributed by atoms with Crippen LogP contribution in [0.3, 0.4) is 0 Å². The third-order valence-corrected chi connectivity index (χ3v) is 5.29. The summed E-state index contributed by atoms with van der Waals surface area (Å²) in [6.07, 6.45) is 3.31. The third kappa shape index (κ3) is 4.35. The number of hydrogen-bond acceptors (Lipinski definition) is 3. The van der Waals surface area contributed by atoms with Gasteiger partial charge < -0.3 is 14.2 Å². The van der Waals surface area contributed by atoms with Gasteiger partial charge in [0, 0.05) is 36.4 Å². The van der Waals surface area contributed by atoms with Crippen molar-refractivity contribution in [2.45, 2.75) is 33.2 Å². The van der Waals surface area contributed by atoms with Gasteiger partial charge in [0.15, 0.2) is 0 Å². The number of halogens is 1. The van der Waals surface area contributed by atoms with Crippen molar-refractivity contribution < 1.29 is 14.3 Å². The fourth-order valence-electron chi connectivity index (χ4n) is 3.49. The SMILES string of the molecule is CCOC(=O)C1CCN(C(=O)c2cc(-c3ccc(Cl)cc3)cn2CC)CC1. The number of benzene rings is 1. The van der Waals surface area contributed by atoms with E-state index in [4.69, 9.17) is 16.3 Å². The average Bonchev–Trinajstić information content (AvgIpc) is 3.12. The minimum atomic E-state index is -0.147. The van der Waals surface area contributed by atoms with E-state index >= 15 is 0 Å². The Bertz CT molecular complexity index is 805. The Labute approximate surface area is 164 Å². The highest BCUT2D eigenvalue weighted by Gasteiger charge is 2.29. The second-order valence-corrected chi connectivity index (χ2v) is 7.16. The number of carbonyl (C=O) groups excluding carboxylic acids is 2. The molecule has 1 aromatic heterocycles. The lowest BCUT2D eigenvalue weighted by molar-refractivity contribution is -0.149. The first-order valence-corrected chi connectivity index (χ1v) is 9.83. The topological polar surface area (TPSA) is 51.5 Å². The van der Waals surface area contributed by atoms with E-state index in [0.29, 0.717) is 49.8 Å². The van der Waals surface area contributed by atoms with Crippen LogP contribution in [0.15, 0.2) is 36.5 Å². The Morgan fingerprint density at radius 2 is 1.78 bits per heavy atom. The van der Waals surface area contributed by atoms with Crippen molar-refractivity contribution in [1.82, 2.24) is 9.47 Å². The summed E-state index contributed by atoms with van der Waals surface area (Å²) in [6.45, 7) is 6.10. The van der Waals surface area contributed by atoms with Crippen LogP contribution < -0.4 is 0 Å². The van der Waals surface area contributed by atoms with Crippen LogP contribution in [0.2, 0.25) is 5.02 Å². The molecule has 1 amide bonds. The Balaban J connectivity index is 1.73. The van der Waals surface area contributed by atoms with Gasteiger partial charge in [-0.15, -0.1) is 0 Å². The second kappa shape index (κ2) is 8.61. The van der Waals surface area contributed by atoms with Crippen molar-refractivity contribution >= 4 is 23.5 Å². The summed E-state index contributed by atoms with van der Waals surface area (Å²) in [6, 6.07) is 9.55. The number of amides is 1. The van der Waals surface area contributed by atoms with Crippen molar-refractivity contribution in [3.8, 4) is 11.1 Å². The lowest BCUT2D eigenvalue weighted by Crippen LogP contribution is -2.41. The molecule has 2 aromatic rings. The van der Waals surface area contributed by atoms with Crippen LogP contribution >= 0.6 is 11.6 Å². The van der Waals surface area contributed by atoms with Crippen LogP contribution in [0.25, 0.3) is 11.1 Å². The maximum Gasteiger partial charge on any atom is 0.309 e. The molecule has 0 radical (unpaired) electrons. The molecule has 27 heavy (non-hydrogen) atoms. The number of nitrogens with zero attached hydrogens (tertiary/aromatic N) is 2. The number of hydrogen-bond donors (Lipinski definition) is 0. The molecule has 3 rings (SSSR count). The van der Waals surface area contributed by atoms with Gasteiger partial charge in [0.2, 0.25) is 0 Å². The quantitative estimate of drug-likeness (QED) is 0.720. The predicted molar refractivity (Wildman–Crippen MR) is 106 cm³/mol. The molecular formula is C21H25ClN2O3. The smallest absolute Gasteiger partial charge is 0.309 e. The molecule has 0 spiro atoms. The average molecular weight is 389 g/mol. The zero-order valence-electron chi connectivity index (χ0n) is 15.8. The standard InChI is InChI=1S/C21H25ClN2O3/c1-3-23-14-17(15-5-7-18(22)8-6-15)13-19(23)20(25)24-11-9-16(10-12-24)21(26)27-4-2/h5-8,13-14,16H,3-4,9-12H2,1-2H3. The number of likely N-dealkylation sites (tertiary alicyclic amines) is 1. The summed E-state index contributed by atoms with van der Waals surface area (Å²) in [4.78, 5) is 26.8. The van der Waals surface area contributed by atoms with E-state index in [2.05, 4.69) is 0 Å². The van der Waals surface area contributed by atoms with E-state index in [9.17, 15) is 9.59 Å². The molecule has 0 saturated carbocycles. The zero-order chi connectivity index (χ0) is 19.4. The summed E-state index contributed by atoms with van der Waals surface area (Å²) in [5.41, 5.74) is 2.71. The molecule has 1 aromatic carbocycles. The molecule has 5 nitrogen and oxygen atoms in total. The van der Waals surface area contributed by atoms with Crippen LogP contribution in [-0.2, 0) is 16.1 Å². The molecule has 6 heteroatoms. The van der Waals surface area contributed by atoms with Crippen LogP contribution in [-0.4, -0.2) is 41.0 Å². The van der Waals surface area contributed by atoms with Gasteiger partial charge in [0.25, 0.3) is 5.91 Å². The Morgan fingerprint density at radius 1 is 1.11 bits per heavy atom. The molecule has 0 unspecified atom stereocenters. The zero-order valence-corrected chi connectivity index (χ0v) is 16.5. The number of aryl methyl sites for hydroxylation is 1. The van der Waals surface area contributed by atoms with Gasteiger partial charge in [-0.1, -0.05) is 23.7 Å². The first-order valence-electron chi connectivity index (χ1n) is 9.45. The summed E-state index contributed by atoms with van der Waals surface area (Å²) < 4.78 is 7.08. The molecule has 2 heterocycles. The van der Waals surface area contributed by atoms with Crippen molar-refractivity contribution in [2.24, 2.45) is 5.92 Å². The van der Waals surface area contributed by atoms with Crippen LogP contribution in [0.5, 0.6) is 0 Å². The minimum Gasteiger partial charge on any atom is -0.466 e. The molecule has 0 N–H and O–H groups in total. The first-order chi connectivity index (χ1) is 13.0. The molecule has 1 aliphatic rings. The predicted octanol–water partition coefficient (Wildman–Crippen LogP) is 4.24. The molecule has 1 saturated heterocycles. The Kier molecular flexibility index (Phi) is 6.22. The maximum atomic E-state index is 13.0. The fraction of sp³-hybridized carbons (Fsp3) is 0.429. The largest absolute Gasteiger partial charge is 0.466 e. The normalized spacial score (nSPS) is 15.0. The number of esters is 1. The molecule has 1 aliphatic heterocycles. The molecule has 144 valence electrons. The Hall–Kier alpha value is -2.27. The van der Waals surface area contributed by atoms with Gasteiger partial charge in [0.05, 0.1) is 12.5 Å². The molecule has 1 fully saturated rings. The number of ether oxygens (including phenoxy) is 1.